The highest BCUT2D eigenvalue weighted by Crippen LogP contribution is 2.45. The Hall–Kier alpha value is -2.19. The summed E-state index contributed by atoms with van der Waals surface area (Å²) in [6.07, 6.45) is 0.177. The Balaban J connectivity index is 1.88. The van der Waals surface area contributed by atoms with Gasteiger partial charge in [0.25, 0.3) is 10.0 Å². The first-order chi connectivity index (χ1) is 11.6. The van der Waals surface area contributed by atoms with Crippen molar-refractivity contribution in [3.05, 3.63) is 66.2 Å². The molecule has 2 aromatic rings. The molecule has 0 aromatic heterocycles. The van der Waals surface area contributed by atoms with Crippen molar-refractivity contribution < 1.29 is 22.9 Å². The minimum Gasteiger partial charge on any atom is -0.350 e. The molecule has 0 saturated carbocycles. The Morgan fingerprint density at radius 1 is 1.00 bits per heavy atom. The molecule has 7 heteroatoms. The number of fused-ring (bicyclic) bond motifs is 3. The summed E-state index contributed by atoms with van der Waals surface area (Å²) in [7, 11) is -2.31. The van der Waals surface area contributed by atoms with Crippen LogP contribution in [0.25, 0.3) is 5.57 Å². The van der Waals surface area contributed by atoms with Crippen molar-refractivity contribution in [3.8, 4) is 0 Å². The lowest BCUT2D eigenvalue weighted by atomic mass is 10.1. The molecule has 2 aliphatic heterocycles. The number of para-hydroxylation sites is 1. The molecular weight excluding hydrogens is 330 g/mol. The quantitative estimate of drug-likeness (QED) is 0.800. The van der Waals surface area contributed by atoms with Gasteiger partial charge in [0.15, 0.2) is 0 Å². The Labute approximate surface area is 139 Å². The highest BCUT2D eigenvalue weighted by Gasteiger charge is 2.45. The first-order valence-corrected chi connectivity index (χ1v) is 8.82. The SMILES string of the molecule is CO[C@H]1C=C2c3ccccc3N(S(=O)(=O)c3ccccc3)[C@@H]2OO1. The normalized spacial score (nSPS) is 22.7. The largest absolute Gasteiger partial charge is 0.350 e. The van der Waals surface area contributed by atoms with Gasteiger partial charge in [-0.25, -0.2) is 17.6 Å². The number of sulfonamides is 1. The van der Waals surface area contributed by atoms with Crippen molar-refractivity contribution in [2.75, 3.05) is 11.4 Å². The third-order valence-electron chi connectivity index (χ3n) is 4.02. The molecule has 0 fully saturated rings. The third-order valence-corrected chi connectivity index (χ3v) is 5.79. The van der Waals surface area contributed by atoms with Crippen LogP contribution in [0.15, 0.2) is 65.6 Å². The molecule has 0 radical (unpaired) electrons. The zero-order chi connectivity index (χ0) is 16.7. The first kappa shape index (κ1) is 15.3. The van der Waals surface area contributed by atoms with Crippen molar-refractivity contribution in [2.24, 2.45) is 0 Å². The van der Waals surface area contributed by atoms with Crippen LogP contribution < -0.4 is 4.31 Å². The van der Waals surface area contributed by atoms with E-state index in [0.717, 1.165) is 5.56 Å². The maximum absolute atomic E-state index is 13.1. The molecule has 2 aliphatic rings. The van der Waals surface area contributed by atoms with Crippen LogP contribution in [-0.2, 0) is 24.5 Å². The number of hydrogen-bond acceptors (Lipinski definition) is 5. The average molecular weight is 345 g/mol. The van der Waals surface area contributed by atoms with Crippen LogP contribution >= 0.6 is 0 Å². The van der Waals surface area contributed by atoms with Crippen LogP contribution in [-0.4, -0.2) is 28.0 Å². The Kier molecular flexibility index (Phi) is 3.65. The Morgan fingerprint density at radius 3 is 2.46 bits per heavy atom. The van der Waals surface area contributed by atoms with E-state index >= 15 is 0 Å². The van der Waals surface area contributed by atoms with Gasteiger partial charge in [0.2, 0.25) is 12.5 Å². The van der Waals surface area contributed by atoms with Gasteiger partial charge >= 0.3 is 0 Å². The van der Waals surface area contributed by atoms with Crippen molar-refractivity contribution in [3.63, 3.8) is 0 Å². The second kappa shape index (κ2) is 5.71. The molecule has 2 atom stereocenters. The van der Waals surface area contributed by atoms with Crippen LogP contribution in [0.2, 0.25) is 0 Å². The number of benzene rings is 2. The van der Waals surface area contributed by atoms with Gasteiger partial charge in [-0.05, 0) is 24.3 Å². The first-order valence-electron chi connectivity index (χ1n) is 7.38. The summed E-state index contributed by atoms with van der Waals surface area (Å²) in [5.74, 6) is 0. The summed E-state index contributed by atoms with van der Waals surface area (Å²) in [4.78, 5) is 10.7. The van der Waals surface area contributed by atoms with Gasteiger partial charge in [-0.15, -0.1) is 0 Å². The van der Waals surface area contributed by atoms with E-state index in [1.165, 1.54) is 11.4 Å². The number of methoxy groups -OCH3 is 1. The predicted octanol–water partition coefficient (Wildman–Crippen LogP) is 2.54. The van der Waals surface area contributed by atoms with E-state index in [9.17, 15) is 8.42 Å². The topological polar surface area (TPSA) is 65.1 Å². The molecule has 0 aliphatic carbocycles. The van der Waals surface area contributed by atoms with E-state index in [1.54, 1.807) is 48.5 Å². The molecule has 124 valence electrons. The molecule has 2 aromatic carbocycles. The predicted molar refractivity (Wildman–Crippen MR) is 87.3 cm³/mol. The van der Waals surface area contributed by atoms with Crippen molar-refractivity contribution in [1.82, 2.24) is 0 Å². The highest BCUT2D eigenvalue weighted by molar-refractivity contribution is 7.93. The smallest absolute Gasteiger partial charge is 0.266 e. The van der Waals surface area contributed by atoms with E-state index in [1.807, 2.05) is 12.1 Å². The highest BCUT2D eigenvalue weighted by atomic mass is 32.2. The van der Waals surface area contributed by atoms with Gasteiger partial charge in [-0.1, -0.05) is 36.4 Å². The second-order valence-corrected chi connectivity index (χ2v) is 7.22. The van der Waals surface area contributed by atoms with E-state index < -0.39 is 22.5 Å². The number of anilines is 1. The molecule has 0 spiro atoms. The van der Waals surface area contributed by atoms with Gasteiger partial charge in [0.1, 0.15) is 0 Å². The number of nitrogens with zero attached hydrogens (tertiary/aromatic N) is 1. The maximum atomic E-state index is 13.1. The molecule has 24 heavy (non-hydrogen) atoms. The van der Waals surface area contributed by atoms with Crippen molar-refractivity contribution >= 4 is 21.3 Å². The fourth-order valence-electron chi connectivity index (χ4n) is 2.91. The van der Waals surface area contributed by atoms with Crippen LogP contribution in [0.1, 0.15) is 5.56 Å². The van der Waals surface area contributed by atoms with Crippen LogP contribution in [0.5, 0.6) is 0 Å². The van der Waals surface area contributed by atoms with E-state index in [-0.39, 0.29) is 4.90 Å². The lowest BCUT2D eigenvalue weighted by molar-refractivity contribution is -0.376. The van der Waals surface area contributed by atoms with Crippen LogP contribution in [0.4, 0.5) is 5.69 Å². The number of rotatable bonds is 3. The molecule has 6 nitrogen and oxygen atoms in total. The van der Waals surface area contributed by atoms with Gasteiger partial charge in [0, 0.05) is 18.2 Å². The molecule has 2 heterocycles. The third kappa shape index (κ3) is 2.25. The van der Waals surface area contributed by atoms with Gasteiger partial charge in [-0.3, -0.25) is 0 Å². The maximum Gasteiger partial charge on any atom is 0.266 e. The summed E-state index contributed by atoms with van der Waals surface area (Å²) in [6, 6.07) is 15.5. The molecule has 0 amide bonds. The number of hydrogen-bond donors (Lipinski definition) is 0. The molecular formula is C17H15NO5S. The summed E-state index contributed by atoms with van der Waals surface area (Å²) >= 11 is 0. The molecule has 0 N–H and O–H groups in total. The standard InChI is InChI=1S/C17H15NO5S/c1-21-16-11-14-13-9-5-6-10-15(13)18(17(14)23-22-16)24(19,20)12-7-3-2-4-8-12/h2-11,16-17H,1H3/t16-,17-/m1/s1. The minimum absolute atomic E-state index is 0.193. The van der Waals surface area contributed by atoms with Crippen molar-refractivity contribution in [2.45, 2.75) is 17.4 Å². The fraction of sp³-hybridized carbons (Fsp3) is 0.176. The van der Waals surface area contributed by atoms with Gasteiger partial charge in [-0.2, -0.15) is 4.89 Å². The lowest BCUT2D eigenvalue weighted by Gasteiger charge is -2.29. The minimum atomic E-state index is -3.80. The lowest BCUT2D eigenvalue weighted by Crippen LogP contribution is -2.41. The van der Waals surface area contributed by atoms with Crippen molar-refractivity contribution in [1.29, 1.82) is 0 Å². The zero-order valence-corrected chi connectivity index (χ0v) is 13.6. The van der Waals surface area contributed by atoms with Gasteiger partial charge < -0.3 is 4.74 Å². The van der Waals surface area contributed by atoms with E-state index in [4.69, 9.17) is 14.5 Å². The Bertz CT molecular complexity index is 894. The Morgan fingerprint density at radius 2 is 1.71 bits per heavy atom. The van der Waals surface area contributed by atoms with E-state index in [0.29, 0.717) is 11.3 Å². The number of ether oxygens (including phenoxy) is 1. The van der Waals surface area contributed by atoms with Gasteiger partial charge in [0.05, 0.1) is 10.6 Å². The monoisotopic (exact) mass is 345 g/mol. The molecule has 0 unspecified atom stereocenters. The summed E-state index contributed by atoms with van der Waals surface area (Å²) in [6.45, 7) is 0. The second-order valence-electron chi connectivity index (χ2n) is 5.40. The van der Waals surface area contributed by atoms with Crippen LogP contribution in [0, 0.1) is 0 Å². The molecule has 0 saturated heterocycles. The van der Waals surface area contributed by atoms with E-state index in [2.05, 4.69) is 0 Å². The average Bonchev–Trinajstić information content (AvgIpc) is 2.96. The zero-order valence-electron chi connectivity index (χ0n) is 12.8. The summed E-state index contributed by atoms with van der Waals surface area (Å²) in [5, 5.41) is 0. The molecule has 0 bridgehead atoms. The fourth-order valence-corrected chi connectivity index (χ4v) is 4.46. The summed E-state index contributed by atoms with van der Waals surface area (Å²) < 4.78 is 32.6. The summed E-state index contributed by atoms with van der Waals surface area (Å²) in [5.41, 5.74) is 2.05. The van der Waals surface area contributed by atoms with Crippen LogP contribution in [0.3, 0.4) is 0 Å². The molecule has 4 rings (SSSR count).